The van der Waals surface area contributed by atoms with E-state index < -0.39 is 0 Å². The van der Waals surface area contributed by atoms with Crippen LogP contribution in [0.4, 0.5) is 0 Å². The average Bonchev–Trinajstić information content (AvgIpc) is 2.80. The molecular formula is C20H35BrNO2+. The van der Waals surface area contributed by atoms with Gasteiger partial charge in [-0.15, -0.1) is 0 Å². The highest BCUT2D eigenvalue weighted by Crippen LogP contribution is 2.42. The van der Waals surface area contributed by atoms with Crippen LogP contribution >= 0.6 is 15.9 Å². The molecule has 2 aliphatic rings. The minimum atomic E-state index is -0.0861. The third-order valence-electron chi connectivity index (χ3n) is 4.47. The van der Waals surface area contributed by atoms with E-state index in [0.29, 0.717) is 13.0 Å². The molecule has 2 rings (SSSR count). The lowest BCUT2D eigenvalue weighted by atomic mass is 9.79. The summed E-state index contributed by atoms with van der Waals surface area (Å²) in [7, 11) is 0. The zero-order chi connectivity index (χ0) is 18.8. The molecule has 1 aliphatic carbocycles. The Morgan fingerprint density at radius 2 is 1.83 bits per heavy atom. The molecule has 0 unspecified atom stereocenters. The molecule has 138 valence electrons. The number of ether oxygens (including phenoxy) is 1. The number of halogens is 1. The Hall–Kier alpha value is -0.900. The predicted octanol–water partition coefficient (Wildman–Crippen LogP) is 5.48. The first kappa shape index (κ1) is 23.1. The molecule has 0 saturated heterocycles. The highest BCUT2D eigenvalue weighted by molar-refractivity contribution is 9.08. The van der Waals surface area contributed by atoms with Crippen LogP contribution in [0.5, 0.6) is 0 Å². The number of esters is 1. The molecule has 0 radical (unpaired) electrons. The van der Waals surface area contributed by atoms with Crippen molar-refractivity contribution in [3.8, 4) is 0 Å². The second-order valence-corrected chi connectivity index (χ2v) is 6.06. The van der Waals surface area contributed by atoms with E-state index in [2.05, 4.69) is 53.4 Å². The van der Waals surface area contributed by atoms with E-state index in [-0.39, 0.29) is 11.4 Å². The fraction of sp³-hybridized carbons (Fsp3) is 0.700. The third kappa shape index (κ3) is 5.58. The maximum Gasteiger partial charge on any atom is 0.306 e. The number of hydrogen-bond acceptors (Lipinski definition) is 2. The van der Waals surface area contributed by atoms with Gasteiger partial charge in [0.1, 0.15) is 6.54 Å². The molecule has 24 heavy (non-hydrogen) atoms. The second kappa shape index (κ2) is 11.6. The van der Waals surface area contributed by atoms with Crippen LogP contribution in [0.15, 0.2) is 23.4 Å². The molecule has 4 heteroatoms. The van der Waals surface area contributed by atoms with Crippen molar-refractivity contribution < 1.29 is 14.1 Å². The predicted molar refractivity (Wildman–Crippen MR) is 107 cm³/mol. The van der Waals surface area contributed by atoms with Crippen molar-refractivity contribution >= 4 is 27.6 Å². The van der Waals surface area contributed by atoms with E-state index in [1.54, 1.807) is 0 Å². The maximum absolute atomic E-state index is 11.4. The lowest BCUT2D eigenvalue weighted by molar-refractivity contribution is -0.470. The lowest BCUT2D eigenvalue weighted by Gasteiger charge is -2.17. The van der Waals surface area contributed by atoms with E-state index in [1.165, 1.54) is 17.0 Å². The van der Waals surface area contributed by atoms with Crippen LogP contribution in [0, 0.1) is 5.41 Å². The summed E-state index contributed by atoms with van der Waals surface area (Å²) in [6.07, 6.45) is 8.34. The van der Waals surface area contributed by atoms with Crippen LogP contribution < -0.4 is 0 Å². The Bertz CT molecular complexity index is 502. The molecule has 0 bridgehead atoms. The van der Waals surface area contributed by atoms with E-state index >= 15 is 0 Å². The Balaban J connectivity index is 0.00000123. The molecule has 0 N–H and O–H groups in total. The molecule has 1 aliphatic heterocycles. The van der Waals surface area contributed by atoms with Crippen LogP contribution in [-0.4, -0.2) is 35.2 Å². The van der Waals surface area contributed by atoms with Gasteiger partial charge in [-0.3, -0.25) is 4.79 Å². The fourth-order valence-electron chi connectivity index (χ4n) is 3.11. The molecule has 3 nitrogen and oxygen atoms in total. The summed E-state index contributed by atoms with van der Waals surface area (Å²) >= 11 is 2.94. The van der Waals surface area contributed by atoms with Crippen molar-refractivity contribution in [1.82, 2.24) is 0 Å². The Morgan fingerprint density at radius 3 is 2.42 bits per heavy atom. The molecule has 0 fully saturated rings. The molecule has 0 saturated carbocycles. The quantitative estimate of drug-likeness (QED) is 0.347. The summed E-state index contributed by atoms with van der Waals surface area (Å²) in [5.41, 5.74) is 4.33. The summed E-state index contributed by atoms with van der Waals surface area (Å²) in [6, 6.07) is 0. The van der Waals surface area contributed by atoms with Gasteiger partial charge in [0.05, 0.1) is 18.4 Å². The fourth-order valence-corrected chi connectivity index (χ4v) is 3.11. The summed E-state index contributed by atoms with van der Waals surface area (Å²) in [4.78, 5) is 11.4. The standard InChI is InChI=1S/C17H26NO2.C2H6.CH3Br/c1-5-20-16(19)11-8-12-18-13(2)17(3,4)14-9-6-7-10-15(14)18;2*1-2/h9-10H,5-8,11-12H2,1-4H3;1-2H3;1H3/q+1;;. The lowest BCUT2D eigenvalue weighted by Crippen LogP contribution is -2.23. The maximum atomic E-state index is 11.4. The van der Waals surface area contributed by atoms with Gasteiger partial charge in [0, 0.05) is 18.9 Å². The first-order valence-corrected chi connectivity index (χ1v) is 10.6. The van der Waals surface area contributed by atoms with Gasteiger partial charge in [0.15, 0.2) is 5.71 Å². The molecule has 0 atom stereocenters. The zero-order valence-electron chi connectivity index (χ0n) is 16.5. The Morgan fingerprint density at radius 1 is 1.25 bits per heavy atom. The highest BCUT2D eigenvalue weighted by Gasteiger charge is 2.45. The number of allylic oxidation sites excluding steroid dienone is 3. The van der Waals surface area contributed by atoms with Crippen LogP contribution in [0.3, 0.4) is 0 Å². The van der Waals surface area contributed by atoms with Crippen molar-refractivity contribution in [2.75, 3.05) is 19.0 Å². The van der Waals surface area contributed by atoms with Gasteiger partial charge < -0.3 is 4.74 Å². The summed E-state index contributed by atoms with van der Waals surface area (Å²) in [5.74, 6) is 1.73. The van der Waals surface area contributed by atoms with Gasteiger partial charge in [-0.05, 0) is 45.5 Å². The van der Waals surface area contributed by atoms with Crippen LogP contribution in [-0.2, 0) is 9.53 Å². The van der Waals surface area contributed by atoms with Crippen molar-refractivity contribution in [2.45, 2.75) is 67.2 Å². The number of carbonyl (C=O) groups is 1. The summed E-state index contributed by atoms with van der Waals surface area (Å²) < 4.78 is 7.38. The van der Waals surface area contributed by atoms with Crippen molar-refractivity contribution in [3.05, 3.63) is 23.4 Å². The van der Waals surface area contributed by atoms with Crippen LogP contribution in [0.25, 0.3) is 0 Å². The van der Waals surface area contributed by atoms with Crippen LogP contribution in [0.1, 0.15) is 67.2 Å². The number of rotatable bonds is 5. The zero-order valence-corrected chi connectivity index (χ0v) is 18.1. The molecule has 0 aromatic carbocycles. The first-order chi connectivity index (χ1) is 11.5. The summed E-state index contributed by atoms with van der Waals surface area (Å²) in [6.45, 7) is 14.0. The van der Waals surface area contributed by atoms with Crippen molar-refractivity contribution in [3.63, 3.8) is 0 Å². The van der Waals surface area contributed by atoms with E-state index in [9.17, 15) is 4.79 Å². The van der Waals surface area contributed by atoms with E-state index in [0.717, 1.165) is 25.8 Å². The normalized spacial score (nSPS) is 17.5. The third-order valence-corrected chi connectivity index (χ3v) is 4.47. The monoisotopic (exact) mass is 400 g/mol. The molecule has 0 aromatic rings. The summed E-state index contributed by atoms with van der Waals surface area (Å²) in [5, 5.41) is 0. The minimum Gasteiger partial charge on any atom is -0.466 e. The molecule has 0 spiro atoms. The van der Waals surface area contributed by atoms with Crippen LogP contribution in [0.2, 0.25) is 0 Å². The minimum absolute atomic E-state index is 0.0861. The Labute approximate surface area is 157 Å². The number of hydrogen-bond donors (Lipinski definition) is 0. The smallest absolute Gasteiger partial charge is 0.306 e. The van der Waals surface area contributed by atoms with Gasteiger partial charge in [-0.2, -0.15) is 4.58 Å². The second-order valence-electron chi connectivity index (χ2n) is 6.06. The highest BCUT2D eigenvalue weighted by atomic mass is 79.9. The topological polar surface area (TPSA) is 29.3 Å². The van der Waals surface area contributed by atoms with Crippen molar-refractivity contribution in [2.24, 2.45) is 5.41 Å². The SMILES string of the molecule is CBr.CC.CCOC(=O)CCC[N+]1=C(C)C(C)(C)C2=CCCC=C21. The molecule has 0 amide bonds. The van der Waals surface area contributed by atoms with E-state index in [1.807, 2.05) is 26.6 Å². The van der Waals surface area contributed by atoms with Crippen molar-refractivity contribution in [1.29, 1.82) is 0 Å². The largest absolute Gasteiger partial charge is 0.466 e. The first-order valence-electron chi connectivity index (χ1n) is 9.04. The van der Waals surface area contributed by atoms with Gasteiger partial charge >= 0.3 is 5.97 Å². The Kier molecular flexibility index (Phi) is 11.2. The number of nitrogens with zero attached hydrogens (tertiary/aromatic N) is 1. The number of alkyl halides is 1. The molecular weight excluding hydrogens is 366 g/mol. The number of carbonyl (C=O) groups excluding carboxylic acids is 1. The van der Waals surface area contributed by atoms with Gasteiger partial charge in [-0.25, -0.2) is 0 Å². The van der Waals surface area contributed by atoms with Gasteiger partial charge in [-0.1, -0.05) is 35.9 Å². The van der Waals surface area contributed by atoms with Gasteiger partial charge in [0.25, 0.3) is 0 Å². The molecule has 1 heterocycles. The van der Waals surface area contributed by atoms with Gasteiger partial charge in [0.2, 0.25) is 5.70 Å². The molecule has 0 aromatic heterocycles. The number of fused-ring (bicyclic) bond motifs is 1. The van der Waals surface area contributed by atoms with E-state index in [4.69, 9.17) is 4.74 Å². The average molecular weight is 401 g/mol.